The van der Waals surface area contributed by atoms with Crippen molar-refractivity contribution in [2.24, 2.45) is 0 Å². The third-order valence-electron chi connectivity index (χ3n) is 5.78. The molecule has 0 unspecified atom stereocenters. The first-order chi connectivity index (χ1) is 16.9. The van der Waals surface area contributed by atoms with Crippen molar-refractivity contribution in [1.82, 2.24) is 14.5 Å². The molecule has 0 saturated heterocycles. The zero-order valence-electron chi connectivity index (χ0n) is 18.9. The maximum Gasteiger partial charge on any atom is 0.338 e. The molecule has 2 aromatic heterocycles. The lowest BCUT2D eigenvalue weighted by Crippen LogP contribution is -2.14. The van der Waals surface area contributed by atoms with E-state index in [0.29, 0.717) is 22.2 Å². The van der Waals surface area contributed by atoms with E-state index in [1.165, 1.54) is 16.7 Å². The second kappa shape index (κ2) is 8.84. The molecule has 0 saturated carbocycles. The highest BCUT2D eigenvalue weighted by Gasteiger charge is 2.30. The van der Waals surface area contributed by atoms with Gasteiger partial charge in [0.25, 0.3) is 0 Å². The van der Waals surface area contributed by atoms with Gasteiger partial charge in [-0.15, -0.1) is 0 Å². The normalized spacial score (nSPS) is 11.7. The van der Waals surface area contributed by atoms with E-state index in [9.17, 15) is 13.2 Å². The number of hydrogen-bond acceptors (Lipinski definition) is 7. The molecule has 0 bridgehead atoms. The Hall–Kier alpha value is -4.24. The fourth-order valence-electron chi connectivity index (χ4n) is 4.01. The monoisotopic (exact) mass is 486 g/mol. The summed E-state index contributed by atoms with van der Waals surface area (Å²) in [5.41, 5.74) is 9.32. The van der Waals surface area contributed by atoms with E-state index >= 15 is 0 Å². The van der Waals surface area contributed by atoms with Gasteiger partial charge in [-0.1, -0.05) is 48.5 Å². The van der Waals surface area contributed by atoms with Crippen LogP contribution in [0.25, 0.3) is 22.2 Å². The Morgan fingerprint density at radius 1 is 0.914 bits per heavy atom. The number of benzene rings is 3. The van der Waals surface area contributed by atoms with Gasteiger partial charge in [0.1, 0.15) is 22.8 Å². The van der Waals surface area contributed by atoms with Crippen LogP contribution in [0.3, 0.4) is 0 Å². The van der Waals surface area contributed by atoms with Crippen LogP contribution in [0, 0.1) is 6.92 Å². The van der Waals surface area contributed by atoms with Crippen molar-refractivity contribution in [3.63, 3.8) is 0 Å². The van der Waals surface area contributed by atoms with Gasteiger partial charge in [0.2, 0.25) is 9.84 Å². The molecule has 2 heterocycles. The SMILES string of the molecule is Cc1ccccc1C(=O)OCCn1c(N)c(S(=O)(=O)c2ccccc2)c2nc3ccccc3nc21. The van der Waals surface area contributed by atoms with Crippen molar-refractivity contribution in [3.05, 3.63) is 90.0 Å². The van der Waals surface area contributed by atoms with Crippen molar-refractivity contribution >= 4 is 43.8 Å². The molecule has 0 aliphatic carbocycles. The molecule has 5 aromatic rings. The van der Waals surface area contributed by atoms with Crippen LogP contribution in [0.1, 0.15) is 15.9 Å². The Balaban J connectivity index is 1.58. The number of carbonyl (C=O) groups is 1. The maximum atomic E-state index is 13.6. The fraction of sp³-hybridized carbons (Fsp3) is 0.115. The van der Waals surface area contributed by atoms with E-state index in [2.05, 4.69) is 9.97 Å². The molecule has 0 fully saturated rings. The standard InChI is InChI=1S/C26H22N4O4S/c1-17-9-5-6-12-19(17)26(31)34-16-15-30-24(27)23(35(32,33)18-10-3-2-4-11-18)22-25(30)29-21-14-8-7-13-20(21)28-22/h2-14H,15-16,27H2,1H3. The van der Waals surface area contributed by atoms with E-state index in [-0.39, 0.29) is 34.3 Å². The van der Waals surface area contributed by atoms with Gasteiger partial charge >= 0.3 is 5.97 Å². The Morgan fingerprint density at radius 2 is 1.54 bits per heavy atom. The predicted octanol–water partition coefficient (Wildman–Crippen LogP) is 4.16. The highest BCUT2D eigenvalue weighted by molar-refractivity contribution is 7.92. The molecular formula is C26H22N4O4S. The molecule has 0 spiro atoms. The predicted molar refractivity (Wildman–Crippen MR) is 133 cm³/mol. The number of esters is 1. The number of sulfone groups is 1. The van der Waals surface area contributed by atoms with Gasteiger partial charge < -0.3 is 15.0 Å². The molecule has 0 aliphatic rings. The van der Waals surface area contributed by atoms with E-state index in [0.717, 1.165) is 5.56 Å². The largest absolute Gasteiger partial charge is 0.460 e. The summed E-state index contributed by atoms with van der Waals surface area (Å²) in [6, 6.07) is 22.4. The first-order valence-electron chi connectivity index (χ1n) is 11.0. The van der Waals surface area contributed by atoms with Crippen LogP contribution in [0.4, 0.5) is 5.82 Å². The number of ether oxygens (including phenoxy) is 1. The zero-order chi connectivity index (χ0) is 24.6. The third kappa shape index (κ3) is 4.00. The van der Waals surface area contributed by atoms with E-state index in [4.69, 9.17) is 10.5 Å². The van der Waals surface area contributed by atoms with Crippen LogP contribution in [-0.4, -0.2) is 35.5 Å². The molecule has 2 N–H and O–H groups in total. The lowest BCUT2D eigenvalue weighted by molar-refractivity contribution is 0.0492. The van der Waals surface area contributed by atoms with Crippen LogP contribution >= 0.6 is 0 Å². The highest BCUT2D eigenvalue weighted by Crippen LogP contribution is 2.35. The Morgan fingerprint density at radius 3 is 2.26 bits per heavy atom. The van der Waals surface area contributed by atoms with Gasteiger partial charge in [0, 0.05) is 0 Å². The third-order valence-corrected chi connectivity index (χ3v) is 7.61. The number of anilines is 1. The summed E-state index contributed by atoms with van der Waals surface area (Å²) in [5, 5.41) is 0. The van der Waals surface area contributed by atoms with Gasteiger partial charge in [-0.3, -0.25) is 0 Å². The number of nitrogens with zero attached hydrogens (tertiary/aromatic N) is 3. The molecule has 9 heteroatoms. The molecule has 0 amide bonds. The van der Waals surface area contributed by atoms with Crippen LogP contribution in [-0.2, 0) is 21.1 Å². The summed E-state index contributed by atoms with van der Waals surface area (Å²) < 4.78 is 34.2. The maximum absolute atomic E-state index is 13.6. The van der Waals surface area contributed by atoms with Crippen molar-refractivity contribution in [2.75, 3.05) is 12.3 Å². The summed E-state index contributed by atoms with van der Waals surface area (Å²) in [6.07, 6.45) is 0. The molecule has 35 heavy (non-hydrogen) atoms. The summed E-state index contributed by atoms with van der Waals surface area (Å²) in [6.45, 7) is 1.91. The van der Waals surface area contributed by atoms with Crippen molar-refractivity contribution in [2.45, 2.75) is 23.3 Å². The van der Waals surface area contributed by atoms with Gasteiger partial charge in [-0.2, -0.15) is 0 Å². The van der Waals surface area contributed by atoms with E-state index < -0.39 is 15.8 Å². The first-order valence-corrected chi connectivity index (χ1v) is 12.4. The molecule has 0 atom stereocenters. The van der Waals surface area contributed by atoms with Crippen molar-refractivity contribution in [1.29, 1.82) is 0 Å². The van der Waals surface area contributed by atoms with E-state index in [1.807, 2.05) is 25.1 Å². The number of hydrogen-bond donors (Lipinski definition) is 1. The van der Waals surface area contributed by atoms with Crippen LogP contribution < -0.4 is 5.73 Å². The number of nitrogen functional groups attached to an aromatic ring is 1. The molecule has 0 aliphatic heterocycles. The quantitative estimate of drug-likeness (QED) is 0.358. The molecule has 176 valence electrons. The first kappa shape index (κ1) is 22.5. The van der Waals surface area contributed by atoms with Crippen molar-refractivity contribution < 1.29 is 17.9 Å². The smallest absolute Gasteiger partial charge is 0.338 e. The number of para-hydroxylation sites is 2. The zero-order valence-corrected chi connectivity index (χ0v) is 19.7. The lowest BCUT2D eigenvalue weighted by Gasteiger charge is -2.10. The summed E-state index contributed by atoms with van der Waals surface area (Å²) >= 11 is 0. The number of fused-ring (bicyclic) bond motifs is 2. The molecule has 3 aromatic carbocycles. The highest BCUT2D eigenvalue weighted by atomic mass is 32.2. The molecule has 0 radical (unpaired) electrons. The molecule has 5 rings (SSSR count). The minimum atomic E-state index is -3.99. The molecule has 8 nitrogen and oxygen atoms in total. The van der Waals surface area contributed by atoms with E-state index in [1.54, 1.807) is 48.5 Å². The number of aromatic nitrogens is 3. The van der Waals surface area contributed by atoms with Crippen LogP contribution in [0.2, 0.25) is 0 Å². The van der Waals surface area contributed by atoms with Gasteiger partial charge in [0.05, 0.1) is 28.0 Å². The fourth-order valence-corrected chi connectivity index (χ4v) is 5.54. The van der Waals surface area contributed by atoms with Gasteiger partial charge in [-0.05, 0) is 42.8 Å². The summed E-state index contributed by atoms with van der Waals surface area (Å²) in [4.78, 5) is 21.8. The average molecular weight is 487 g/mol. The van der Waals surface area contributed by atoms with Gasteiger partial charge in [-0.25, -0.2) is 23.2 Å². The Kier molecular flexibility index (Phi) is 5.70. The van der Waals surface area contributed by atoms with Crippen LogP contribution in [0.5, 0.6) is 0 Å². The van der Waals surface area contributed by atoms with Gasteiger partial charge in [0.15, 0.2) is 5.65 Å². The number of aryl methyl sites for hydroxylation is 1. The summed E-state index contributed by atoms with van der Waals surface area (Å²) in [7, 11) is -3.99. The lowest BCUT2D eigenvalue weighted by atomic mass is 10.1. The minimum Gasteiger partial charge on any atom is -0.460 e. The average Bonchev–Trinajstić information content (AvgIpc) is 3.14. The topological polar surface area (TPSA) is 117 Å². The van der Waals surface area contributed by atoms with Crippen molar-refractivity contribution in [3.8, 4) is 0 Å². The number of nitrogens with two attached hydrogens (primary N) is 1. The Bertz CT molecular complexity index is 1680. The molecular weight excluding hydrogens is 464 g/mol. The summed E-state index contributed by atoms with van der Waals surface area (Å²) in [5.74, 6) is -0.474. The van der Waals surface area contributed by atoms with Crippen LogP contribution in [0.15, 0.2) is 88.7 Å². The second-order valence-corrected chi connectivity index (χ2v) is 9.90. The Labute approximate surface area is 201 Å². The number of rotatable bonds is 6. The second-order valence-electron chi connectivity index (χ2n) is 8.02. The minimum absolute atomic E-state index is 0.00824. The number of carbonyl (C=O) groups excluding carboxylic acids is 1.